The molecular weight excluding hydrogens is 436 g/mol. The minimum atomic E-state index is -0.967. The molecule has 1 aromatic carbocycles. The van der Waals surface area contributed by atoms with Crippen LogP contribution < -0.4 is 5.32 Å². The van der Waals surface area contributed by atoms with Gasteiger partial charge in [-0.2, -0.15) is 0 Å². The molecule has 1 unspecified atom stereocenters. The monoisotopic (exact) mass is 460 g/mol. The largest absolute Gasteiger partial charge is 0.460 e. The van der Waals surface area contributed by atoms with Crippen molar-refractivity contribution in [2.45, 2.75) is 38.0 Å². The quantitative estimate of drug-likeness (QED) is 0.259. The maximum Gasteiger partial charge on any atom is 0.408 e. The molecule has 0 aliphatic carbocycles. The third kappa shape index (κ3) is 5.13. The molecule has 0 saturated carbocycles. The van der Waals surface area contributed by atoms with Gasteiger partial charge in [-0.05, 0) is 19.4 Å². The number of nitrogens with one attached hydrogen (secondary N) is 1. The molecule has 1 fully saturated rings. The molecule has 0 radical (unpaired) electrons. The molecule has 170 valence electrons. The Balaban J connectivity index is 1.45. The van der Waals surface area contributed by atoms with E-state index in [1.54, 1.807) is 12.3 Å². The summed E-state index contributed by atoms with van der Waals surface area (Å²) in [7, 11) is 0. The lowest BCUT2D eigenvalue weighted by molar-refractivity contribution is -0.167. The molecule has 4 atom stereocenters. The number of hydrogen-bond donors (Lipinski definition) is 1. The molecule has 9 nitrogen and oxygen atoms in total. The number of ether oxygens (including phenoxy) is 3. The van der Waals surface area contributed by atoms with E-state index >= 15 is 0 Å². The van der Waals surface area contributed by atoms with Crippen molar-refractivity contribution in [1.29, 1.82) is 0 Å². The molecule has 1 aromatic rings. The van der Waals surface area contributed by atoms with Crippen LogP contribution in [0.3, 0.4) is 0 Å². The van der Waals surface area contributed by atoms with Crippen LogP contribution in [0.1, 0.15) is 19.4 Å². The Morgan fingerprint density at radius 2 is 1.94 bits per heavy atom. The number of hydrogen-bond acceptors (Lipinski definition) is 8. The van der Waals surface area contributed by atoms with Crippen molar-refractivity contribution in [3.63, 3.8) is 0 Å². The van der Waals surface area contributed by atoms with E-state index in [2.05, 4.69) is 11.9 Å². The number of β-lactam (4-membered cyclic amide) rings is 1. The molecule has 0 spiro atoms. The highest BCUT2D eigenvalue weighted by Crippen LogP contribution is 2.46. The maximum absolute atomic E-state index is 12.6. The van der Waals surface area contributed by atoms with Crippen LogP contribution in [-0.4, -0.2) is 53.0 Å². The molecule has 1 N–H and O–H groups in total. The molecule has 2 heterocycles. The van der Waals surface area contributed by atoms with Crippen molar-refractivity contribution in [2.24, 2.45) is 5.92 Å². The van der Waals surface area contributed by atoms with Gasteiger partial charge in [0.05, 0.1) is 0 Å². The molecule has 10 heteroatoms. The molecule has 3 rings (SSSR count). The van der Waals surface area contributed by atoms with Crippen LogP contribution in [0.2, 0.25) is 0 Å². The van der Waals surface area contributed by atoms with Gasteiger partial charge >= 0.3 is 18.0 Å². The van der Waals surface area contributed by atoms with E-state index in [1.165, 1.54) is 29.7 Å². The Morgan fingerprint density at radius 3 is 2.62 bits per heavy atom. The van der Waals surface area contributed by atoms with Crippen LogP contribution in [0.5, 0.6) is 0 Å². The Kier molecular flexibility index (Phi) is 7.57. The van der Waals surface area contributed by atoms with E-state index < -0.39 is 36.1 Å². The van der Waals surface area contributed by atoms with Crippen molar-refractivity contribution in [3.05, 3.63) is 59.7 Å². The summed E-state index contributed by atoms with van der Waals surface area (Å²) in [6.45, 7) is 6.66. The maximum atomic E-state index is 12.6. The highest BCUT2D eigenvalue weighted by molar-refractivity contribution is 8.03. The van der Waals surface area contributed by atoms with Crippen LogP contribution in [0.4, 0.5) is 4.79 Å². The van der Waals surface area contributed by atoms with Gasteiger partial charge in [0.2, 0.25) is 5.91 Å². The smallest absolute Gasteiger partial charge is 0.408 e. The van der Waals surface area contributed by atoms with E-state index in [4.69, 9.17) is 14.2 Å². The second-order valence-corrected chi connectivity index (χ2v) is 8.21. The van der Waals surface area contributed by atoms with Crippen molar-refractivity contribution in [3.8, 4) is 0 Å². The molecule has 2 amide bonds. The number of carbonyl (C=O) groups is 4. The van der Waals surface area contributed by atoms with Crippen LogP contribution >= 0.6 is 11.8 Å². The lowest BCUT2D eigenvalue weighted by atomic mass is 9.92. The zero-order valence-corrected chi connectivity index (χ0v) is 18.5. The minimum absolute atomic E-state index is 0.0453. The molecule has 2 aliphatic heterocycles. The van der Waals surface area contributed by atoms with E-state index in [0.717, 1.165) is 5.56 Å². The fourth-order valence-electron chi connectivity index (χ4n) is 3.23. The number of fused-ring (bicyclic) bond motifs is 1. The SMILES string of the molecule is C=CCOC(=O)C1=CS[C@H]2[C@@H](C(C)OC(=O)[C@H](C)NC(=O)OCc3ccccc3)C(=O)N12. The number of nitrogens with zero attached hydrogens (tertiary/aromatic N) is 1. The summed E-state index contributed by atoms with van der Waals surface area (Å²) in [4.78, 5) is 50.3. The normalized spacial score (nSPS) is 20.8. The summed E-state index contributed by atoms with van der Waals surface area (Å²) in [5, 5.41) is 3.63. The summed E-state index contributed by atoms with van der Waals surface area (Å²) in [5.41, 5.74) is 0.979. The predicted molar refractivity (Wildman–Crippen MR) is 116 cm³/mol. The summed E-state index contributed by atoms with van der Waals surface area (Å²) in [6, 6.07) is 8.16. The van der Waals surface area contributed by atoms with Crippen molar-refractivity contribution in [1.82, 2.24) is 10.2 Å². The predicted octanol–water partition coefficient (Wildman–Crippen LogP) is 2.33. The van der Waals surface area contributed by atoms with Gasteiger partial charge in [-0.1, -0.05) is 43.0 Å². The van der Waals surface area contributed by atoms with Gasteiger partial charge in [-0.3, -0.25) is 9.69 Å². The first-order valence-electron chi connectivity index (χ1n) is 9.98. The molecular formula is C22H24N2O7S. The van der Waals surface area contributed by atoms with E-state index in [9.17, 15) is 19.2 Å². The van der Waals surface area contributed by atoms with Crippen molar-refractivity contribution >= 4 is 35.7 Å². The minimum Gasteiger partial charge on any atom is -0.460 e. The zero-order chi connectivity index (χ0) is 23.3. The van der Waals surface area contributed by atoms with Gasteiger partial charge in [-0.25, -0.2) is 14.4 Å². The number of thioether (sulfide) groups is 1. The Bertz CT molecular complexity index is 933. The average Bonchev–Trinajstić information content (AvgIpc) is 3.16. The standard InChI is InChI=1S/C22H24N2O7S/c1-4-10-29-21(27)16-12-32-19-17(18(25)24(16)19)14(3)31-20(26)13(2)23-22(28)30-11-15-8-6-5-7-9-15/h4-9,12-14,17,19H,1,10-11H2,2-3H3,(H,23,28)/t13-,14?,17-,19-/m0/s1. The van der Waals surface area contributed by atoms with Gasteiger partial charge in [0.25, 0.3) is 0 Å². The summed E-state index contributed by atoms with van der Waals surface area (Å²) < 4.78 is 15.5. The highest BCUT2D eigenvalue weighted by Gasteiger charge is 2.56. The number of benzene rings is 1. The summed E-state index contributed by atoms with van der Waals surface area (Å²) >= 11 is 1.29. The fourth-order valence-corrected chi connectivity index (χ4v) is 4.55. The van der Waals surface area contributed by atoms with Crippen molar-refractivity contribution < 1.29 is 33.4 Å². The second kappa shape index (κ2) is 10.4. The number of carbonyl (C=O) groups excluding carboxylic acids is 4. The Morgan fingerprint density at radius 1 is 1.22 bits per heavy atom. The first-order valence-corrected chi connectivity index (χ1v) is 10.9. The van der Waals surface area contributed by atoms with Crippen molar-refractivity contribution in [2.75, 3.05) is 6.61 Å². The van der Waals surface area contributed by atoms with E-state index in [-0.39, 0.29) is 30.2 Å². The second-order valence-electron chi connectivity index (χ2n) is 7.22. The number of amides is 2. The van der Waals surface area contributed by atoms with Gasteiger partial charge < -0.3 is 19.5 Å². The lowest BCUT2D eigenvalue weighted by Crippen LogP contribution is -2.61. The first-order chi connectivity index (χ1) is 15.3. The third-order valence-corrected chi connectivity index (χ3v) is 6.05. The third-order valence-electron chi connectivity index (χ3n) is 4.91. The van der Waals surface area contributed by atoms with Crippen LogP contribution in [0.15, 0.2) is 54.1 Å². The first kappa shape index (κ1) is 23.4. The molecule has 0 bridgehead atoms. The van der Waals surface area contributed by atoms with Gasteiger partial charge in [0.1, 0.15) is 42.3 Å². The summed E-state index contributed by atoms with van der Waals surface area (Å²) in [5.74, 6) is -2.24. The zero-order valence-electron chi connectivity index (χ0n) is 17.7. The Labute approximate surface area is 189 Å². The van der Waals surface area contributed by atoms with Crippen LogP contribution in [-0.2, 0) is 35.2 Å². The van der Waals surface area contributed by atoms with Gasteiger partial charge in [0, 0.05) is 5.41 Å². The molecule has 32 heavy (non-hydrogen) atoms. The van der Waals surface area contributed by atoms with E-state index in [0.29, 0.717) is 0 Å². The van der Waals surface area contributed by atoms with Gasteiger partial charge in [-0.15, -0.1) is 11.8 Å². The van der Waals surface area contributed by atoms with E-state index in [1.807, 2.05) is 30.3 Å². The van der Waals surface area contributed by atoms with Crippen LogP contribution in [0, 0.1) is 5.92 Å². The van der Waals surface area contributed by atoms with Gasteiger partial charge in [0.15, 0.2) is 0 Å². The fraction of sp³-hybridized carbons (Fsp3) is 0.364. The molecule has 0 aromatic heterocycles. The number of esters is 2. The molecule has 1 saturated heterocycles. The lowest BCUT2D eigenvalue weighted by Gasteiger charge is -2.44. The van der Waals surface area contributed by atoms with Crippen LogP contribution in [0.25, 0.3) is 0 Å². The number of alkyl carbamates (subject to hydrolysis) is 1. The highest BCUT2D eigenvalue weighted by atomic mass is 32.2. The topological polar surface area (TPSA) is 111 Å². The average molecular weight is 461 g/mol. The Hall–Kier alpha value is -3.27. The number of rotatable bonds is 9. The molecule has 2 aliphatic rings. The summed E-state index contributed by atoms with van der Waals surface area (Å²) in [6.07, 6.45) is -0.0622.